The Labute approximate surface area is 225 Å². The van der Waals surface area contributed by atoms with E-state index in [0.717, 1.165) is 0 Å². The molecule has 0 aliphatic rings. The number of hydrogen-bond donors (Lipinski definition) is 8. The summed E-state index contributed by atoms with van der Waals surface area (Å²) in [6, 6.07) is -4.34. The monoisotopic (exact) mass is 564 g/mol. The molecule has 37 heavy (non-hydrogen) atoms. The number of nitrogens with two attached hydrogens (primary N) is 4. The molecule has 0 aromatic heterocycles. The molecule has 0 fully saturated rings. The predicted octanol–water partition coefficient (Wildman–Crippen LogP) is -2.32. The number of nitrogens with zero attached hydrogens (tertiary/aromatic N) is 1. The van der Waals surface area contributed by atoms with Gasteiger partial charge in [-0.1, -0.05) is 0 Å². The topological polar surface area (TPSA) is 258 Å². The van der Waals surface area contributed by atoms with Crippen LogP contribution in [0.15, 0.2) is 4.99 Å². The second kappa shape index (κ2) is 19.4. The standard InChI is InChI=1S/C21H40N8O6S2/c1-36-10-7-14(19(33)29-15(20(34)35)8-11-37-2)28-18(32)13(5-6-16(23)30)27-17(31)12(22)4-3-9-26-21(24)25/h12-15H,3-11,22H2,1-2H3,(H2,23,30)(H,27,31)(H,28,32)(H,29,33)(H,34,35)(H4,24,25,26). The number of carboxylic acids is 1. The summed E-state index contributed by atoms with van der Waals surface area (Å²) in [5.74, 6) is -2.94. The first kappa shape index (κ1) is 34.3. The summed E-state index contributed by atoms with van der Waals surface area (Å²) in [4.78, 5) is 65.1. The van der Waals surface area contributed by atoms with Crippen molar-refractivity contribution in [2.24, 2.45) is 27.9 Å². The Morgan fingerprint density at radius 1 is 0.784 bits per heavy atom. The highest BCUT2D eigenvalue weighted by molar-refractivity contribution is 7.98. The summed E-state index contributed by atoms with van der Waals surface area (Å²) in [7, 11) is 0. The normalized spacial score (nSPS) is 13.9. The van der Waals surface area contributed by atoms with Crippen molar-refractivity contribution >= 4 is 59.1 Å². The van der Waals surface area contributed by atoms with Crippen LogP contribution in [0.4, 0.5) is 0 Å². The molecule has 0 saturated carbocycles. The fourth-order valence-electron chi connectivity index (χ4n) is 3.03. The Morgan fingerprint density at radius 3 is 1.76 bits per heavy atom. The molecular weight excluding hydrogens is 524 g/mol. The Balaban J connectivity index is 5.42. The van der Waals surface area contributed by atoms with Gasteiger partial charge in [-0.25, -0.2) is 4.79 Å². The van der Waals surface area contributed by atoms with Crippen LogP contribution >= 0.6 is 23.5 Å². The maximum absolute atomic E-state index is 13.0. The van der Waals surface area contributed by atoms with E-state index in [1.54, 1.807) is 0 Å². The fraction of sp³-hybridized carbons (Fsp3) is 0.714. The molecule has 0 spiro atoms. The molecule has 0 saturated heterocycles. The molecule has 16 heteroatoms. The largest absolute Gasteiger partial charge is 0.480 e. The van der Waals surface area contributed by atoms with Crippen molar-refractivity contribution in [2.75, 3.05) is 30.6 Å². The number of carboxylic acid groups (broad SMARTS) is 1. The lowest BCUT2D eigenvalue weighted by Gasteiger charge is -2.25. The third-order valence-electron chi connectivity index (χ3n) is 5.09. The zero-order valence-electron chi connectivity index (χ0n) is 21.2. The number of rotatable bonds is 20. The lowest BCUT2D eigenvalue weighted by molar-refractivity contribution is -0.142. The Hall–Kier alpha value is -2.72. The minimum absolute atomic E-state index is 0.0831. The number of nitrogens with one attached hydrogen (secondary N) is 3. The number of primary amides is 1. The van der Waals surface area contributed by atoms with Crippen molar-refractivity contribution in [1.82, 2.24) is 16.0 Å². The number of guanidine groups is 1. The van der Waals surface area contributed by atoms with Crippen molar-refractivity contribution in [3.8, 4) is 0 Å². The van der Waals surface area contributed by atoms with Crippen molar-refractivity contribution < 1.29 is 29.1 Å². The zero-order chi connectivity index (χ0) is 28.4. The number of hydrogen-bond acceptors (Lipinski definition) is 9. The molecule has 212 valence electrons. The van der Waals surface area contributed by atoms with Gasteiger partial charge in [-0.15, -0.1) is 0 Å². The van der Waals surface area contributed by atoms with E-state index in [1.165, 1.54) is 23.5 Å². The molecule has 0 aliphatic heterocycles. The van der Waals surface area contributed by atoms with Crippen molar-refractivity contribution in [3.05, 3.63) is 0 Å². The maximum Gasteiger partial charge on any atom is 0.326 e. The molecular formula is C21H40N8O6S2. The summed E-state index contributed by atoms with van der Waals surface area (Å²) >= 11 is 2.88. The lowest BCUT2D eigenvalue weighted by atomic mass is 10.1. The van der Waals surface area contributed by atoms with Crippen LogP contribution < -0.4 is 38.9 Å². The summed E-state index contributed by atoms with van der Waals surface area (Å²) in [5.41, 5.74) is 21.6. The van der Waals surface area contributed by atoms with Gasteiger partial charge in [0.1, 0.15) is 18.1 Å². The van der Waals surface area contributed by atoms with Gasteiger partial charge in [0.05, 0.1) is 6.04 Å². The zero-order valence-corrected chi connectivity index (χ0v) is 22.9. The van der Waals surface area contributed by atoms with Crippen LogP contribution in [0.5, 0.6) is 0 Å². The Kier molecular flexibility index (Phi) is 18.0. The van der Waals surface area contributed by atoms with Crippen LogP contribution in [0.3, 0.4) is 0 Å². The third-order valence-corrected chi connectivity index (χ3v) is 6.37. The van der Waals surface area contributed by atoms with Crippen molar-refractivity contribution in [1.29, 1.82) is 0 Å². The fourth-order valence-corrected chi connectivity index (χ4v) is 3.97. The molecule has 0 rings (SSSR count). The van der Waals surface area contributed by atoms with Gasteiger partial charge >= 0.3 is 5.97 Å². The highest BCUT2D eigenvalue weighted by atomic mass is 32.2. The van der Waals surface area contributed by atoms with Gasteiger partial charge in [0.15, 0.2) is 5.96 Å². The Bertz CT molecular complexity index is 797. The molecule has 0 aromatic carbocycles. The summed E-state index contributed by atoms with van der Waals surface area (Å²) in [6.45, 7) is 0.273. The van der Waals surface area contributed by atoms with Gasteiger partial charge < -0.3 is 44.0 Å². The molecule has 0 aromatic rings. The first-order valence-electron chi connectivity index (χ1n) is 11.6. The lowest BCUT2D eigenvalue weighted by Crippen LogP contribution is -2.57. The second-order valence-electron chi connectivity index (χ2n) is 8.15. The molecule has 0 heterocycles. The Morgan fingerprint density at radius 2 is 1.27 bits per heavy atom. The van der Waals surface area contributed by atoms with Crippen molar-refractivity contribution in [3.63, 3.8) is 0 Å². The van der Waals surface area contributed by atoms with Gasteiger partial charge in [0.25, 0.3) is 0 Å². The van der Waals surface area contributed by atoms with Crippen molar-refractivity contribution in [2.45, 2.75) is 62.7 Å². The van der Waals surface area contributed by atoms with E-state index < -0.39 is 53.8 Å². The summed E-state index contributed by atoms with van der Waals surface area (Å²) < 4.78 is 0. The number of aliphatic carboxylic acids is 1. The predicted molar refractivity (Wildman–Crippen MR) is 146 cm³/mol. The first-order valence-corrected chi connectivity index (χ1v) is 14.4. The first-order chi connectivity index (χ1) is 17.4. The van der Waals surface area contributed by atoms with Crippen LogP contribution in [0.2, 0.25) is 0 Å². The quantitative estimate of drug-likeness (QED) is 0.0442. The minimum atomic E-state index is -1.19. The number of thioether (sulfide) groups is 2. The molecule has 0 bridgehead atoms. The van der Waals surface area contributed by atoms with Crippen LogP contribution in [-0.4, -0.2) is 95.4 Å². The number of amides is 4. The highest BCUT2D eigenvalue weighted by Gasteiger charge is 2.30. The molecule has 4 atom stereocenters. The van der Waals surface area contributed by atoms with Gasteiger partial charge in [0, 0.05) is 13.0 Å². The molecule has 0 aliphatic carbocycles. The molecule has 0 radical (unpaired) electrons. The van der Waals surface area contributed by atoms with E-state index in [-0.39, 0.29) is 44.6 Å². The van der Waals surface area contributed by atoms with E-state index >= 15 is 0 Å². The van der Waals surface area contributed by atoms with Gasteiger partial charge in [-0.3, -0.25) is 24.2 Å². The smallest absolute Gasteiger partial charge is 0.326 e. The summed E-state index contributed by atoms with van der Waals surface area (Å²) in [5, 5.41) is 17.0. The molecule has 4 unspecified atom stereocenters. The molecule has 4 amide bonds. The van der Waals surface area contributed by atoms with Crippen LogP contribution in [-0.2, 0) is 24.0 Å². The minimum Gasteiger partial charge on any atom is -0.480 e. The molecule has 12 N–H and O–H groups in total. The van der Waals surface area contributed by atoms with Crippen LogP contribution in [0.25, 0.3) is 0 Å². The highest BCUT2D eigenvalue weighted by Crippen LogP contribution is 2.07. The average molecular weight is 565 g/mol. The van der Waals surface area contributed by atoms with E-state index in [1.807, 2.05) is 12.5 Å². The second-order valence-corrected chi connectivity index (χ2v) is 10.1. The number of carbonyl (C=O) groups is 5. The van der Waals surface area contributed by atoms with Gasteiger partial charge in [0.2, 0.25) is 23.6 Å². The van der Waals surface area contributed by atoms with Gasteiger partial charge in [-0.05, 0) is 56.1 Å². The summed E-state index contributed by atoms with van der Waals surface area (Å²) in [6.07, 6.45) is 4.41. The van der Waals surface area contributed by atoms with Crippen LogP contribution in [0, 0.1) is 0 Å². The van der Waals surface area contributed by atoms with Crippen LogP contribution in [0.1, 0.15) is 38.5 Å². The van der Waals surface area contributed by atoms with Gasteiger partial charge in [-0.2, -0.15) is 23.5 Å². The van der Waals surface area contributed by atoms with E-state index in [9.17, 15) is 29.1 Å². The van der Waals surface area contributed by atoms with E-state index in [4.69, 9.17) is 22.9 Å². The number of carbonyl (C=O) groups excluding carboxylic acids is 4. The SMILES string of the molecule is CSCCC(NC(=O)C(CCSC)NC(=O)C(CCC(N)=O)NC(=O)C(N)CCCN=C(N)N)C(=O)O. The third kappa shape index (κ3) is 15.9. The van der Waals surface area contributed by atoms with E-state index in [0.29, 0.717) is 17.9 Å². The number of aliphatic imine (C=N–C) groups is 1. The molecule has 14 nitrogen and oxygen atoms in total. The van der Waals surface area contributed by atoms with E-state index in [2.05, 4.69) is 20.9 Å². The average Bonchev–Trinajstić information content (AvgIpc) is 2.83. The maximum atomic E-state index is 13.0.